The van der Waals surface area contributed by atoms with Gasteiger partial charge in [-0.25, -0.2) is 14.6 Å². The zero-order valence-corrected chi connectivity index (χ0v) is 11.2. The van der Waals surface area contributed by atoms with Gasteiger partial charge in [0.2, 0.25) is 0 Å². The fraction of sp³-hybridized carbons (Fsp3) is 0.286. The third kappa shape index (κ3) is 2.07. The first-order valence-corrected chi connectivity index (χ1v) is 6.17. The van der Waals surface area contributed by atoms with Gasteiger partial charge >= 0.3 is 0 Å². The minimum absolute atomic E-state index is 0.00401. The average molecular weight is 253 g/mol. The van der Waals surface area contributed by atoms with Crippen molar-refractivity contribution in [2.75, 3.05) is 0 Å². The molecule has 2 heterocycles. The van der Waals surface area contributed by atoms with Crippen molar-refractivity contribution in [3.05, 3.63) is 42.6 Å². The number of hydrogen-bond donors (Lipinski definition) is 0. The molecule has 0 saturated heterocycles. The molecule has 3 aromatic rings. The number of nitrogens with zero attached hydrogens (tertiary/aromatic N) is 5. The van der Waals surface area contributed by atoms with Gasteiger partial charge in [0.05, 0.1) is 29.3 Å². The largest absolute Gasteiger partial charge is 0.240 e. The fourth-order valence-corrected chi connectivity index (χ4v) is 2.13. The Bertz CT molecular complexity index is 710. The fourth-order valence-electron chi connectivity index (χ4n) is 2.13. The lowest BCUT2D eigenvalue weighted by molar-refractivity contribution is 0.574. The second kappa shape index (κ2) is 4.12. The summed E-state index contributed by atoms with van der Waals surface area (Å²) in [6, 6.07) is 6.06. The maximum atomic E-state index is 4.42. The minimum atomic E-state index is -0.00401. The molecule has 0 fully saturated rings. The second-order valence-electron chi connectivity index (χ2n) is 5.52. The summed E-state index contributed by atoms with van der Waals surface area (Å²) in [6.07, 6.45) is 5.09. The lowest BCUT2D eigenvalue weighted by Gasteiger charge is -2.19. The number of benzene rings is 1. The van der Waals surface area contributed by atoms with Crippen molar-refractivity contribution in [3.63, 3.8) is 0 Å². The molecule has 0 spiro atoms. The van der Waals surface area contributed by atoms with E-state index >= 15 is 0 Å². The summed E-state index contributed by atoms with van der Waals surface area (Å²) in [7, 11) is 0. The highest BCUT2D eigenvalue weighted by Gasteiger charge is 2.19. The van der Waals surface area contributed by atoms with Crippen LogP contribution in [-0.4, -0.2) is 25.0 Å². The Labute approximate surface area is 111 Å². The van der Waals surface area contributed by atoms with E-state index in [1.807, 2.05) is 24.4 Å². The Morgan fingerprint density at radius 1 is 1.11 bits per heavy atom. The summed E-state index contributed by atoms with van der Waals surface area (Å²) in [5, 5.41) is 8.89. The molecule has 0 aliphatic rings. The van der Waals surface area contributed by atoms with E-state index in [4.69, 9.17) is 0 Å². The molecule has 2 aromatic heterocycles. The Morgan fingerprint density at radius 3 is 2.63 bits per heavy atom. The summed E-state index contributed by atoms with van der Waals surface area (Å²) in [4.78, 5) is 8.78. The Kier molecular flexibility index (Phi) is 2.55. The maximum absolute atomic E-state index is 4.42. The maximum Gasteiger partial charge on any atom is 0.116 e. The highest BCUT2D eigenvalue weighted by molar-refractivity contribution is 5.83. The van der Waals surface area contributed by atoms with Gasteiger partial charge in [-0.05, 0) is 18.2 Å². The van der Waals surface area contributed by atoms with Crippen molar-refractivity contribution in [3.8, 4) is 5.69 Å². The monoisotopic (exact) mass is 253 g/mol. The predicted octanol–water partition coefficient (Wildman–Crippen LogP) is 2.51. The SMILES string of the molecule is CC(C)(C)c1ncnc2cc(-n3ccnn3)ccc12. The molecule has 0 N–H and O–H groups in total. The van der Waals surface area contributed by atoms with Crippen LogP contribution in [0.15, 0.2) is 36.9 Å². The molecule has 19 heavy (non-hydrogen) atoms. The van der Waals surface area contributed by atoms with Crippen LogP contribution in [0, 0.1) is 0 Å². The van der Waals surface area contributed by atoms with Crippen LogP contribution in [-0.2, 0) is 5.41 Å². The van der Waals surface area contributed by atoms with Crippen molar-refractivity contribution < 1.29 is 0 Å². The summed E-state index contributed by atoms with van der Waals surface area (Å²) in [5.74, 6) is 0. The molecule has 0 unspecified atom stereocenters. The van der Waals surface area contributed by atoms with Crippen LogP contribution in [0.25, 0.3) is 16.6 Å². The van der Waals surface area contributed by atoms with Gasteiger partial charge in [-0.1, -0.05) is 26.0 Å². The Morgan fingerprint density at radius 2 is 1.95 bits per heavy atom. The number of hydrogen-bond acceptors (Lipinski definition) is 4. The molecule has 96 valence electrons. The van der Waals surface area contributed by atoms with E-state index in [1.165, 1.54) is 0 Å². The summed E-state index contributed by atoms with van der Waals surface area (Å²) in [6.45, 7) is 6.46. The molecular formula is C14H15N5. The van der Waals surface area contributed by atoms with E-state index in [9.17, 15) is 0 Å². The molecule has 0 aliphatic heterocycles. The molecule has 0 atom stereocenters. The quantitative estimate of drug-likeness (QED) is 0.668. The van der Waals surface area contributed by atoms with Crippen molar-refractivity contribution in [2.45, 2.75) is 26.2 Å². The Hall–Kier alpha value is -2.30. The second-order valence-corrected chi connectivity index (χ2v) is 5.52. The van der Waals surface area contributed by atoms with E-state index in [0.717, 1.165) is 22.3 Å². The highest BCUT2D eigenvalue weighted by atomic mass is 15.4. The lowest BCUT2D eigenvalue weighted by Crippen LogP contribution is -2.14. The molecule has 5 nitrogen and oxygen atoms in total. The van der Waals surface area contributed by atoms with Gasteiger partial charge in [0.25, 0.3) is 0 Å². The molecule has 3 rings (SSSR count). The molecule has 0 radical (unpaired) electrons. The zero-order chi connectivity index (χ0) is 13.5. The molecule has 0 bridgehead atoms. The standard InChI is InChI=1S/C14H15N5/c1-14(2,3)13-11-5-4-10(19-7-6-17-18-19)8-12(11)15-9-16-13/h4-9H,1-3H3. The topological polar surface area (TPSA) is 56.5 Å². The van der Waals surface area contributed by atoms with E-state index in [1.54, 1.807) is 17.2 Å². The number of rotatable bonds is 1. The van der Waals surface area contributed by atoms with Crippen LogP contribution in [0.5, 0.6) is 0 Å². The van der Waals surface area contributed by atoms with E-state index in [-0.39, 0.29) is 5.41 Å². The minimum Gasteiger partial charge on any atom is -0.240 e. The first-order valence-electron chi connectivity index (χ1n) is 6.17. The van der Waals surface area contributed by atoms with Crippen LogP contribution in [0.2, 0.25) is 0 Å². The molecule has 0 saturated carbocycles. The molecular weight excluding hydrogens is 238 g/mol. The number of fused-ring (bicyclic) bond motifs is 1. The van der Waals surface area contributed by atoms with Gasteiger partial charge in [-0.15, -0.1) is 5.10 Å². The highest BCUT2D eigenvalue weighted by Crippen LogP contribution is 2.27. The summed E-state index contributed by atoms with van der Waals surface area (Å²) in [5.41, 5.74) is 2.93. The van der Waals surface area contributed by atoms with Crippen molar-refractivity contribution >= 4 is 10.9 Å². The average Bonchev–Trinajstić information content (AvgIpc) is 2.90. The predicted molar refractivity (Wildman–Crippen MR) is 73.2 cm³/mol. The Balaban J connectivity index is 2.21. The molecule has 5 heteroatoms. The van der Waals surface area contributed by atoms with E-state index < -0.39 is 0 Å². The van der Waals surface area contributed by atoms with Crippen LogP contribution in [0.3, 0.4) is 0 Å². The molecule has 0 aliphatic carbocycles. The van der Waals surface area contributed by atoms with Gasteiger partial charge < -0.3 is 0 Å². The van der Waals surface area contributed by atoms with Crippen LogP contribution < -0.4 is 0 Å². The summed E-state index contributed by atoms with van der Waals surface area (Å²) < 4.78 is 1.72. The van der Waals surface area contributed by atoms with Crippen molar-refractivity contribution in [1.29, 1.82) is 0 Å². The zero-order valence-electron chi connectivity index (χ0n) is 11.2. The van der Waals surface area contributed by atoms with Crippen LogP contribution in [0.4, 0.5) is 0 Å². The first kappa shape index (κ1) is 11.8. The first-order chi connectivity index (χ1) is 9.05. The van der Waals surface area contributed by atoms with E-state index in [0.29, 0.717) is 0 Å². The normalized spacial score (nSPS) is 11.9. The van der Waals surface area contributed by atoms with Crippen molar-refractivity contribution in [2.24, 2.45) is 0 Å². The third-order valence-electron chi connectivity index (χ3n) is 3.02. The molecule has 0 amide bonds. The third-order valence-corrected chi connectivity index (χ3v) is 3.02. The molecule has 1 aromatic carbocycles. The van der Waals surface area contributed by atoms with Gasteiger partial charge in [0, 0.05) is 10.8 Å². The van der Waals surface area contributed by atoms with Crippen molar-refractivity contribution in [1.82, 2.24) is 25.0 Å². The van der Waals surface area contributed by atoms with Crippen LogP contribution >= 0.6 is 0 Å². The van der Waals surface area contributed by atoms with E-state index in [2.05, 4.69) is 41.1 Å². The lowest BCUT2D eigenvalue weighted by atomic mass is 9.89. The van der Waals surface area contributed by atoms with Gasteiger partial charge in [-0.3, -0.25) is 0 Å². The van der Waals surface area contributed by atoms with Gasteiger partial charge in [0.1, 0.15) is 6.33 Å². The number of aromatic nitrogens is 5. The van der Waals surface area contributed by atoms with Crippen LogP contribution in [0.1, 0.15) is 26.5 Å². The summed E-state index contributed by atoms with van der Waals surface area (Å²) >= 11 is 0. The van der Waals surface area contributed by atoms with Gasteiger partial charge in [0.15, 0.2) is 0 Å². The van der Waals surface area contributed by atoms with Gasteiger partial charge in [-0.2, -0.15) is 0 Å². The smallest absolute Gasteiger partial charge is 0.116 e.